The maximum Gasteiger partial charge on any atom is 0.244 e. The Morgan fingerprint density at radius 2 is 2.17 bits per heavy atom. The average Bonchev–Trinajstić information content (AvgIpc) is 2.53. The van der Waals surface area contributed by atoms with Crippen molar-refractivity contribution < 1.29 is 4.79 Å². The summed E-state index contributed by atoms with van der Waals surface area (Å²) >= 11 is 1.61. The standard InChI is InChI=1S/C9H11NOS/c1-6(7(2)9(10)11)8-4-3-5-12-8/h3-5H,1-2H3,(H2,10,11). The number of hydrogen-bond acceptors (Lipinski definition) is 2. The molecule has 0 aromatic carbocycles. The SMILES string of the molecule is CC(C(N)=O)=C(C)c1cccs1. The van der Waals surface area contributed by atoms with Crippen molar-refractivity contribution in [2.75, 3.05) is 0 Å². The van der Waals surface area contributed by atoms with Crippen LogP contribution < -0.4 is 5.73 Å². The number of nitrogens with two attached hydrogens (primary N) is 1. The Balaban J connectivity index is 3.05. The minimum absolute atomic E-state index is 0.346. The molecule has 1 amide bonds. The number of primary amides is 1. The van der Waals surface area contributed by atoms with Gasteiger partial charge < -0.3 is 5.73 Å². The van der Waals surface area contributed by atoms with Crippen LogP contribution in [-0.2, 0) is 4.79 Å². The molecular weight excluding hydrogens is 170 g/mol. The molecule has 0 fully saturated rings. The normalized spacial score (nSPS) is 12.5. The van der Waals surface area contributed by atoms with Gasteiger partial charge in [-0.1, -0.05) is 6.07 Å². The molecule has 64 valence electrons. The summed E-state index contributed by atoms with van der Waals surface area (Å²) < 4.78 is 0. The van der Waals surface area contributed by atoms with E-state index < -0.39 is 0 Å². The fourth-order valence-electron chi connectivity index (χ4n) is 0.862. The molecule has 0 atom stereocenters. The Morgan fingerprint density at radius 3 is 2.58 bits per heavy atom. The number of amides is 1. The third-order valence-electron chi connectivity index (χ3n) is 1.82. The van der Waals surface area contributed by atoms with Crippen molar-refractivity contribution in [2.45, 2.75) is 13.8 Å². The van der Waals surface area contributed by atoms with Crippen LogP contribution in [-0.4, -0.2) is 5.91 Å². The number of carbonyl (C=O) groups excluding carboxylic acids is 1. The quantitative estimate of drug-likeness (QED) is 0.697. The monoisotopic (exact) mass is 181 g/mol. The van der Waals surface area contributed by atoms with Crippen LogP contribution in [0.25, 0.3) is 5.57 Å². The van der Waals surface area contributed by atoms with Crippen molar-refractivity contribution in [2.24, 2.45) is 5.73 Å². The van der Waals surface area contributed by atoms with Crippen LogP contribution in [0.1, 0.15) is 18.7 Å². The van der Waals surface area contributed by atoms with Crippen LogP contribution in [0.4, 0.5) is 0 Å². The Bertz CT molecular complexity index is 311. The summed E-state index contributed by atoms with van der Waals surface area (Å²) in [5, 5.41) is 1.98. The second-order valence-corrected chi connectivity index (χ2v) is 3.54. The summed E-state index contributed by atoms with van der Waals surface area (Å²) in [5.41, 5.74) is 6.76. The highest BCUT2D eigenvalue weighted by Crippen LogP contribution is 2.22. The predicted octanol–water partition coefficient (Wildman–Crippen LogP) is 2.03. The lowest BCUT2D eigenvalue weighted by atomic mass is 10.1. The lowest BCUT2D eigenvalue weighted by Gasteiger charge is -2.00. The van der Waals surface area contributed by atoms with Gasteiger partial charge in [-0.05, 0) is 30.9 Å². The maximum atomic E-state index is 10.8. The van der Waals surface area contributed by atoms with Gasteiger partial charge in [0.1, 0.15) is 0 Å². The van der Waals surface area contributed by atoms with Crippen LogP contribution in [0.5, 0.6) is 0 Å². The first kappa shape index (κ1) is 9.00. The van der Waals surface area contributed by atoms with Crippen LogP contribution in [0.15, 0.2) is 23.1 Å². The van der Waals surface area contributed by atoms with Crippen LogP contribution >= 0.6 is 11.3 Å². The van der Waals surface area contributed by atoms with E-state index in [1.807, 2.05) is 24.4 Å². The molecule has 0 saturated heterocycles. The van der Waals surface area contributed by atoms with Gasteiger partial charge in [0.25, 0.3) is 0 Å². The highest BCUT2D eigenvalue weighted by atomic mass is 32.1. The first-order valence-corrected chi connectivity index (χ1v) is 4.52. The first-order chi connectivity index (χ1) is 5.63. The van der Waals surface area contributed by atoms with Gasteiger partial charge in [0.2, 0.25) is 5.91 Å². The Hall–Kier alpha value is -1.09. The summed E-state index contributed by atoms with van der Waals surface area (Å²) in [7, 11) is 0. The van der Waals surface area contributed by atoms with E-state index in [0.717, 1.165) is 10.5 Å². The van der Waals surface area contributed by atoms with Crippen molar-refractivity contribution in [1.82, 2.24) is 0 Å². The van der Waals surface area contributed by atoms with Crippen molar-refractivity contribution in [1.29, 1.82) is 0 Å². The number of allylic oxidation sites excluding steroid dienone is 1. The molecule has 0 aliphatic heterocycles. The third-order valence-corrected chi connectivity index (χ3v) is 2.81. The average molecular weight is 181 g/mol. The van der Waals surface area contributed by atoms with E-state index in [4.69, 9.17) is 5.73 Å². The molecule has 0 bridgehead atoms. The number of thiophene rings is 1. The summed E-state index contributed by atoms with van der Waals surface area (Å²) in [4.78, 5) is 11.9. The molecule has 2 N–H and O–H groups in total. The molecule has 1 aromatic heterocycles. The van der Waals surface area contributed by atoms with Gasteiger partial charge >= 0.3 is 0 Å². The van der Waals surface area contributed by atoms with E-state index >= 15 is 0 Å². The molecule has 0 aliphatic rings. The first-order valence-electron chi connectivity index (χ1n) is 3.64. The second-order valence-electron chi connectivity index (χ2n) is 2.59. The summed E-state index contributed by atoms with van der Waals surface area (Å²) in [6.07, 6.45) is 0. The van der Waals surface area contributed by atoms with Crippen molar-refractivity contribution >= 4 is 22.8 Å². The van der Waals surface area contributed by atoms with Crippen molar-refractivity contribution in [3.8, 4) is 0 Å². The van der Waals surface area contributed by atoms with Crippen molar-refractivity contribution in [3.63, 3.8) is 0 Å². The molecule has 12 heavy (non-hydrogen) atoms. The summed E-state index contributed by atoms with van der Waals surface area (Å²) in [6.45, 7) is 3.66. The van der Waals surface area contributed by atoms with E-state index in [0.29, 0.717) is 5.57 Å². The van der Waals surface area contributed by atoms with Crippen LogP contribution in [0, 0.1) is 0 Å². The van der Waals surface area contributed by atoms with Gasteiger partial charge in [-0.25, -0.2) is 0 Å². The maximum absolute atomic E-state index is 10.8. The fraction of sp³-hybridized carbons (Fsp3) is 0.222. The Labute approximate surface area is 75.7 Å². The molecule has 1 heterocycles. The molecule has 0 aliphatic carbocycles. The van der Waals surface area contributed by atoms with Gasteiger partial charge in [0.05, 0.1) is 0 Å². The summed E-state index contributed by atoms with van der Waals surface area (Å²) in [6, 6.07) is 3.93. The lowest BCUT2D eigenvalue weighted by molar-refractivity contribution is -0.114. The Morgan fingerprint density at radius 1 is 1.50 bits per heavy atom. The fourth-order valence-corrected chi connectivity index (χ4v) is 1.65. The zero-order valence-electron chi connectivity index (χ0n) is 7.13. The predicted molar refractivity (Wildman–Crippen MR) is 51.8 cm³/mol. The zero-order valence-corrected chi connectivity index (χ0v) is 7.94. The molecule has 0 spiro atoms. The van der Waals surface area contributed by atoms with Crippen LogP contribution in [0.2, 0.25) is 0 Å². The molecular formula is C9H11NOS. The largest absolute Gasteiger partial charge is 0.366 e. The highest BCUT2D eigenvalue weighted by molar-refractivity contribution is 7.11. The van der Waals surface area contributed by atoms with E-state index in [2.05, 4.69) is 0 Å². The van der Waals surface area contributed by atoms with Gasteiger partial charge in [-0.15, -0.1) is 11.3 Å². The van der Waals surface area contributed by atoms with Crippen LogP contribution in [0.3, 0.4) is 0 Å². The number of hydrogen-bond donors (Lipinski definition) is 1. The summed E-state index contributed by atoms with van der Waals surface area (Å²) in [5.74, 6) is -0.346. The molecule has 3 heteroatoms. The van der Waals surface area contributed by atoms with E-state index in [1.54, 1.807) is 18.3 Å². The zero-order chi connectivity index (χ0) is 9.14. The molecule has 0 saturated carbocycles. The highest BCUT2D eigenvalue weighted by Gasteiger charge is 2.05. The van der Waals surface area contributed by atoms with E-state index in [9.17, 15) is 4.79 Å². The van der Waals surface area contributed by atoms with Gasteiger partial charge in [-0.3, -0.25) is 4.79 Å². The third kappa shape index (κ3) is 1.74. The number of carbonyl (C=O) groups is 1. The van der Waals surface area contributed by atoms with Gasteiger partial charge in [0, 0.05) is 10.5 Å². The topological polar surface area (TPSA) is 43.1 Å². The number of rotatable bonds is 2. The minimum Gasteiger partial charge on any atom is -0.366 e. The second kappa shape index (κ2) is 3.54. The van der Waals surface area contributed by atoms with E-state index in [1.165, 1.54) is 0 Å². The smallest absolute Gasteiger partial charge is 0.244 e. The minimum atomic E-state index is -0.346. The lowest BCUT2D eigenvalue weighted by Crippen LogP contribution is -2.12. The van der Waals surface area contributed by atoms with Gasteiger partial charge in [0.15, 0.2) is 0 Å². The van der Waals surface area contributed by atoms with Gasteiger partial charge in [-0.2, -0.15) is 0 Å². The molecule has 0 unspecified atom stereocenters. The molecule has 1 aromatic rings. The molecule has 2 nitrogen and oxygen atoms in total. The molecule has 0 radical (unpaired) electrons. The molecule has 1 rings (SSSR count). The van der Waals surface area contributed by atoms with Crippen molar-refractivity contribution in [3.05, 3.63) is 28.0 Å². The Kier molecular flexibility index (Phi) is 2.65. The van der Waals surface area contributed by atoms with E-state index in [-0.39, 0.29) is 5.91 Å².